The molecule has 0 aliphatic heterocycles. The molecule has 0 saturated heterocycles. The summed E-state index contributed by atoms with van der Waals surface area (Å²) in [7, 11) is 0. The zero-order chi connectivity index (χ0) is 25.5. The molecule has 2 aromatic heterocycles. The fourth-order valence-corrected chi connectivity index (χ4v) is 2.86. The van der Waals surface area contributed by atoms with Crippen molar-refractivity contribution >= 4 is 29.4 Å². The Kier molecular flexibility index (Phi) is 11.4. The summed E-state index contributed by atoms with van der Waals surface area (Å²) in [6.45, 7) is 1.19. The zero-order valence-electron chi connectivity index (χ0n) is 18.7. The van der Waals surface area contributed by atoms with Crippen LogP contribution in [0.15, 0.2) is 97.3 Å². The number of benzene rings is 2. The maximum absolute atomic E-state index is 11.0. The van der Waals surface area contributed by atoms with E-state index in [1.807, 2.05) is 60.7 Å². The number of carbonyl (C=O) groups is 2. The highest BCUT2D eigenvalue weighted by Gasteiger charge is 2.09. The number of aromatic carboxylic acids is 2. The standard InChI is InChI=1S/C13H12N2O2.C7H9N.C6H4ClNO2/c16-13(17)11-7-4-8-14-12(11)15-9-10-5-2-1-3-6-10;8-6-7-4-2-1-3-5-7;7-5-4(6(9)10)2-1-3-8-5/h1-8H,9H2,(H,14,15)(H,16,17);1-5H,6,8H2;1-3H,(H,9,10). The molecular formula is C26H25ClN4O4. The Morgan fingerprint density at radius 1 is 0.743 bits per heavy atom. The van der Waals surface area contributed by atoms with E-state index in [1.165, 1.54) is 30.0 Å². The number of nitrogens with one attached hydrogen (secondary N) is 1. The summed E-state index contributed by atoms with van der Waals surface area (Å²) >= 11 is 5.43. The van der Waals surface area contributed by atoms with Crippen molar-refractivity contribution in [2.24, 2.45) is 5.73 Å². The van der Waals surface area contributed by atoms with Crippen LogP contribution in [-0.2, 0) is 13.1 Å². The lowest BCUT2D eigenvalue weighted by atomic mass is 10.2. The first-order valence-corrected chi connectivity index (χ1v) is 10.8. The molecule has 0 fully saturated rings. The number of hydrogen-bond acceptors (Lipinski definition) is 6. The van der Waals surface area contributed by atoms with Gasteiger partial charge in [-0.1, -0.05) is 72.3 Å². The van der Waals surface area contributed by atoms with Gasteiger partial charge in [-0.15, -0.1) is 0 Å². The number of carboxylic acid groups (broad SMARTS) is 2. The van der Waals surface area contributed by atoms with Gasteiger partial charge >= 0.3 is 11.9 Å². The molecule has 0 spiro atoms. The maximum Gasteiger partial charge on any atom is 0.339 e. The Morgan fingerprint density at radius 2 is 1.26 bits per heavy atom. The third-order valence-electron chi connectivity index (χ3n) is 4.41. The van der Waals surface area contributed by atoms with Gasteiger partial charge in [0.2, 0.25) is 0 Å². The van der Waals surface area contributed by atoms with E-state index in [-0.39, 0.29) is 16.3 Å². The van der Waals surface area contributed by atoms with Gasteiger partial charge in [0.05, 0.1) is 5.56 Å². The quantitative estimate of drug-likeness (QED) is 0.277. The minimum absolute atomic E-state index is 0.0231. The molecule has 2 heterocycles. The first-order chi connectivity index (χ1) is 16.9. The molecule has 9 heteroatoms. The Balaban J connectivity index is 0.000000204. The van der Waals surface area contributed by atoms with Crippen molar-refractivity contribution < 1.29 is 19.8 Å². The van der Waals surface area contributed by atoms with Gasteiger partial charge in [-0.2, -0.15) is 0 Å². The highest BCUT2D eigenvalue weighted by atomic mass is 35.5. The lowest BCUT2D eigenvalue weighted by molar-refractivity contribution is 0.0686. The lowest BCUT2D eigenvalue weighted by Crippen LogP contribution is -2.07. The van der Waals surface area contributed by atoms with E-state index in [1.54, 1.807) is 12.3 Å². The summed E-state index contributed by atoms with van der Waals surface area (Å²) < 4.78 is 0. The van der Waals surface area contributed by atoms with Crippen molar-refractivity contribution in [3.05, 3.63) is 125 Å². The summed E-state index contributed by atoms with van der Waals surface area (Å²) in [6.07, 6.45) is 3.01. The van der Waals surface area contributed by atoms with E-state index in [9.17, 15) is 9.59 Å². The topological polar surface area (TPSA) is 138 Å². The molecule has 0 aliphatic rings. The van der Waals surface area contributed by atoms with E-state index in [0.29, 0.717) is 18.9 Å². The monoisotopic (exact) mass is 492 g/mol. The highest BCUT2D eigenvalue weighted by Crippen LogP contribution is 2.13. The zero-order valence-corrected chi connectivity index (χ0v) is 19.5. The van der Waals surface area contributed by atoms with Crippen LogP contribution in [0.3, 0.4) is 0 Å². The molecule has 0 saturated carbocycles. The van der Waals surface area contributed by atoms with Gasteiger partial charge in [-0.25, -0.2) is 19.6 Å². The minimum atomic E-state index is -1.06. The van der Waals surface area contributed by atoms with Crippen molar-refractivity contribution in [3.63, 3.8) is 0 Å². The number of nitrogens with two attached hydrogens (primary N) is 1. The summed E-state index contributed by atoms with van der Waals surface area (Å²) in [6, 6.07) is 25.8. The van der Waals surface area contributed by atoms with Gasteiger partial charge in [-0.05, 0) is 35.4 Å². The maximum atomic E-state index is 11.0. The van der Waals surface area contributed by atoms with Crippen LogP contribution in [0.5, 0.6) is 0 Å². The van der Waals surface area contributed by atoms with E-state index >= 15 is 0 Å². The van der Waals surface area contributed by atoms with Crippen LogP contribution in [0.25, 0.3) is 0 Å². The average molecular weight is 493 g/mol. The summed E-state index contributed by atoms with van der Waals surface area (Å²) in [5.74, 6) is -1.64. The molecule has 5 N–H and O–H groups in total. The van der Waals surface area contributed by atoms with Crippen LogP contribution >= 0.6 is 11.6 Å². The predicted molar refractivity (Wildman–Crippen MR) is 136 cm³/mol. The molecule has 2 aromatic carbocycles. The molecule has 0 atom stereocenters. The van der Waals surface area contributed by atoms with E-state index in [4.69, 9.17) is 27.5 Å². The largest absolute Gasteiger partial charge is 0.478 e. The Labute approximate surface area is 208 Å². The number of aromatic nitrogens is 2. The second-order valence-electron chi connectivity index (χ2n) is 6.88. The fraction of sp³-hybridized carbons (Fsp3) is 0.0769. The normalized spacial score (nSPS) is 9.54. The first-order valence-electron chi connectivity index (χ1n) is 10.5. The third kappa shape index (κ3) is 9.63. The van der Waals surface area contributed by atoms with Gasteiger partial charge in [-0.3, -0.25) is 0 Å². The molecular weight excluding hydrogens is 468 g/mol. The van der Waals surface area contributed by atoms with Crippen LogP contribution < -0.4 is 11.1 Å². The molecule has 8 nitrogen and oxygen atoms in total. The highest BCUT2D eigenvalue weighted by molar-refractivity contribution is 6.32. The Bertz CT molecular complexity index is 1210. The number of nitrogens with zero attached hydrogens (tertiary/aromatic N) is 2. The summed E-state index contributed by atoms with van der Waals surface area (Å²) in [4.78, 5) is 28.9. The van der Waals surface area contributed by atoms with Gasteiger partial charge in [0.25, 0.3) is 0 Å². The second-order valence-corrected chi connectivity index (χ2v) is 7.24. The van der Waals surface area contributed by atoms with Crippen LogP contribution in [0.1, 0.15) is 31.8 Å². The number of pyridine rings is 2. The van der Waals surface area contributed by atoms with Crippen molar-refractivity contribution in [3.8, 4) is 0 Å². The molecule has 180 valence electrons. The Hall–Kier alpha value is -4.27. The molecule has 4 aromatic rings. The van der Waals surface area contributed by atoms with Crippen molar-refractivity contribution in [2.45, 2.75) is 13.1 Å². The van der Waals surface area contributed by atoms with E-state index in [2.05, 4.69) is 15.3 Å². The lowest BCUT2D eigenvalue weighted by Gasteiger charge is -2.07. The van der Waals surface area contributed by atoms with E-state index in [0.717, 1.165) is 5.56 Å². The van der Waals surface area contributed by atoms with Crippen molar-refractivity contribution in [2.75, 3.05) is 5.32 Å². The molecule has 0 amide bonds. The fourth-order valence-electron chi connectivity index (χ4n) is 2.66. The molecule has 4 rings (SSSR count). The van der Waals surface area contributed by atoms with Crippen LogP contribution in [0.2, 0.25) is 5.15 Å². The van der Waals surface area contributed by atoms with Gasteiger partial charge in [0.15, 0.2) is 0 Å². The summed E-state index contributed by atoms with van der Waals surface area (Å²) in [5, 5.41) is 20.5. The SMILES string of the molecule is NCc1ccccc1.O=C(O)c1cccnc1Cl.O=C(O)c1cccnc1NCc1ccccc1. The summed E-state index contributed by atoms with van der Waals surface area (Å²) in [5.41, 5.74) is 7.83. The number of hydrogen-bond donors (Lipinski definition) is 4. The molecule has 35 heavy (non-hydrogen) atoms. The molecule has 0 aliphatic carbocycles. The molecule has 0 unspecified atom stereocenters. The van der Waals surface area contributed by atoms with Gasteiger partial charge in [0, 0.05) is 25.5 Å². The third-order valence-corrected chi connectivity index (χ3v) is 4.71. The van der Waals surface area contributed by atoms with Crippen LogP contribution in [0, 0.1) is 0 Å². The average Bonchev–Trinajstić information content (AvgIpc) is 2.89. The van der Waals surface area contributed by atoms with Gasteiger partial charge < -0.3 is 21.3 Å². The van der Waals surface area contributed by atoms with Crippen molar-refractivity contribution in [1.29, 1.82) is 0 Å². The second kappa shape index (κ2) is 14.8. The van der Waals surface area contributed by atoms with Gasteiger partial charge in [0.1, 0.15) is 16.5 Å². The van der Waals surface area contributed by atoms with Crippen LogP contribution in [-0.4, -0.2) is 32.1 Å². The smallest absolute Gasteiger partial charge is 0.339 e. The molecule has 0 bridgehead atoms. The molecule has 0 radical (unpaired) electrons. The first kappa shape index (κ1) is 27.0. The van der Waals surface area contributed by atoms with Crippen LogP contribution in [0.4, 0.5) is 5.82 Å². The minimum Gasteiger partial charge on any atom is -0.478 e. The predicted octanol–water partition coefficient (Wildman–Crippen LogP) is 4.97. The number of anilines is 1. The van der Waals surface area contributed by atoms with Crippen molar-refractivity contribution in [1.82, 2.24) is 9.97 Å². The number of carboxylic acids is 2. The number of rotatable bonds is 6. The number of halogens is 1. The van der Waals surface area contributed by atoms with E-state index < -0.39 is 11.9 Å². The Morgan fingerprint density at radius 3 is 1.71 bits per heavy atom.